The summed E-state index contributed by atoms with van der Waals surface area (Å²) >= 11 is 0. The summed E-state index contributed by atoms with van der Waals surface area (Å²) in [4.78, 5) is 2.31. The van der Waals surface area contributed by atoms with Crippen molar-refractivity contribution in [3.63, 3.8) is 0 Å². The number of hydrogen-bond acceptors (Lipinski definition) is 1. The van der Waals surface area contributed by atoms with Crippen LogP contribution in [0.15, 0.2) is 109 Å². The molecule has 0 fully saturated rings. The molecule has 0 aliphatic rings. The van der Waals surface area contributed by atoms with Crippen molar-refractivity contribution in [2.75, 3.05) is 4.90 Å². The Morgan fingerprint density at radius 1 is 0.500 bits per heavy atom. The molecule has 4 aromatic rings. The van der Waals surface area contributed by atoms with Crippen LogP contribution in [0.4, 0.5) is 17.1 Å². The zero-order valence-corrected chi connectivity index (χ0v) is 19.0. The van der Waals surface area contributed by atoms with Crippen LogP contribution in [0.2, 0.25) is 0 Å². The number of nitrogens with zero attached hydrogens (tertiary/aromatic N) is 1. The Morgan fingerprint density at radius 2 is 1.03 bits per heavy atom. The van der Waals surface area contributed by atoms with Crippen LogP contribution in [0, 0.1) is 20.8 Å². The summed E-state index contributed by atoms with van der Waals surface area (Å²) in [6.45, 7) is 6.45. The van der Waals surface area contributed by atoms with Gasteiger partial charge in [0.15, 0.2) is 0 Å². The first-order chi connectivity index (χ1) is 15.6. The van der Waals surface area contributed by atoms with E-state index in [1.165, 1.54) is 33.5 Å². The van der Waals surface area contributed by atoms with E-state index in [0.29, 0.717) is 0 Å². The van der Waals surface area contributed by atoms with Crippen molar-refractivity contribution >= 4 is 29.2 Å². The molecule has 0 unspecified atom stereocenters. The number of rotatable bonds is 6. The van der Waals surface area contributed by atoms with Crippen LogP contribution in [-0.2, 0) is 0 Å². The summed E-state index contributed by atoms with van der Waals surface area (Å²) < 4.78 is 0. The fourth-order valence-electron chi connectivity index (χ4n) is 3.64. The summed E-state index contributed by atoms with van der Waals surface area (Å²) in [6.07, 6.45) is 8.42. The van der Waals surface area contributed by atoms with Gasteiger partial charge in [0.05, 0.1) is 0 Å². The molecule has 0 amide bonds. The van der Waals surface area contributed by atoms with Crippen molar-refractivity contribution in [2.24, 2.45) is 0 Å². The second-order valence-corrected chi connectivity index (χ2v) is 8.16. The predicted octanol–water partition coefficient (Wildman–Crippen LogP) is 8.81. The monoisotopic (exact) mass is 415 g/mol. The van der Waals surface area contributed by atoms with Crippen LogP contribution >= 0.6 is 0 Å². The predicted molar refractivity (Wildman–Crippen MR) is 140 cm³/mol. The molecule has 0 saturated carbocycles. The highest BCUT2D eigenvalue weighted by Crippen LogP contribution is 2.35. The van der Waals surface area contributed by atoms with Crippen LogP contribution in [0.25, 0.3) is 12.2 Å². The molecule has 32 heavy (non-hydrogen) atoms. The van der Waals surface area contributed by atoms with Crippen molar-refractivity contribution in [3.8, 4) is 0 Å². The van der Waals surface area contributed by atoms with Gasteiger partial charge >= 0.3 is 0 Å². The lowest BCUT2D eigenvalue weighted by Gasteiger charge is -2.26. The van der Waals surface area contributed by atoms with Crippen LogP contribution in [0.5, 0.6) is 0 Å². The normalized spacial score (nSPS) is 11.3. The first kappa shape index (κ1) is 21.4. The fourth-order valence-corrected chi connectivity index (χ4v) is 3.64. The van der Waals surface area contributed by atoms with Crippen molar-refractivity contribution in [2.45, 2.75) is 20.8 Å². The van der Waals surface area contributed by atoms with Crippen molar-refractivity contribution in [1.29, 1.82) is 0 Å². The average Bonchev–Trinajstić information content (AvgIpc) is 2.82. The molecule has 4 rings (SSSR count). The van der Waals surface area contributed by atoms with Gasteiger partial charge in [0.1, 0.15) is 0 Å². The second kappa shape index (κ2) is 9.98. The maximum Gasteiger partial charge on any atom is 0.0464 e. The SMILES string of the molecule is Cc1ccc(N(c2ccc(/C=C/C=C/c3ccccc3)cc2)c2ccc(C)c(C)c2)cc1. The second-order valence-electron chi connectivity index (χ2n) is 8.16. The van der Waals surface area contributed by atoms with E-state index >= 15 is 0 Å². The van der Waals surface area contributed by atoms with Gasteiger partial charge in [0.25, 0.3) is 0 Å². The molecule has 0 aromatic heterocycles. The minimum absolute atomic E-state index is 1.15. The molecule has 1 nitrogen and oxygen atoms in total. The van der Waals surface area contributed by atoms with Crippen LogP contribution in [0.3, 0.4) is 0 Å². The molecule has 1 heteroatoms. The van der Waals surface area contributed by atoms with Crippen LogP contribution < -0.4 is 4.90 Å². The Hall–Kier alpha value is -3.84. The fraction of sp³-hybridized carbons (Fsp3) is 0.0968. The summed E-state index contributed by atoms with van der Waals surface area (Å²) in [6, 6.07) is 34.4. The van der Waals surface area contributed by atoms with Gasteiger partial charge in [-0.2, -0.15) is 0 Å². The van der Waals surface area contributed by atoms with E-state index in [-0.39, 0.29) is 0 Å². The lowest BCUT2D eigenvalue weighted by Crippen LogP contribution is -2.10. The van der Waals surface area contributed by atoms with E-state index < -0.39 is 0 Å². The smallest absolute Gasteiger partial charge is 0.0464 e. The van der Waals surface area contributed by atoms with Gasteiger partial charge in [0.2, 0.25) is 0 Å². The molecular formula is C31H29N. The van der Waals surface area contributed by atoms with Gasteiger partial charge in [0, 0.05) is 17.1 Å². The van der Waals surface area contributed by atoms with E-state index in [2.05, 4.69) is 141 Å². The van der Waals surface area contributed by atoms with Gasteiger partial charge in [-0.25, -0.2) is 0 Å². The maximum absolute atomic E-state index is 2.31. The average molecular weight is 416 g/mol. The number of anilines is 3. The Labute approximate surface area is 192 Å². The van der Waals surface area contributed by atoms with Gasteiger partial charge in [-0.15, -0.1) is 0 Å². The molecule has 158 valence electrons. The third kappa shape index (κ3) is 5.25. The van der Waals surface area contributed by atoms with Crippen molar-refractivity contribution in [3.05, 3.63) is 137 Å². The number of hydrogen-bond donors (Lipinski definition) is 0. The lowest BCUT2D eigenvalue weighted by atomic mass is 10.1. The van der Waals surface area contributed by atoms with E-state index in [0.717, 1.165) is 11.4 Å². The molecule has 0 radical (unpaired) electrons. The Morgan fingerprint density at radius 3 is 1.62 bits per heavy atom. The highest BCUT2D eigenvalue weighted by Gasteiger charge is 2.12. The standard InChI is InChI=1S/C31H29N/c1-24-13-18-29(19-14-24)32(31-20-15-25(2)26(3)23-31)30-21-16-28(17-22-30)12-8-7-11-27-9-5-4-6-10-27/h4-23H,1-3H3/b11-7+,12-8+. The number of aryl methyl sites for hydroxylation is 3. The van der Waals surface area contributed by atoms with Gasteiger partial charge < -0.3 is 4.90 Å². The third-order valence-corrected chi connectivity index (χ3v) is 5.68. The Kier molecular flexibility index (Phi) is 6.67. The zero-order chi connectivity index (χ0) is 22.3. The van der Waals surface area contributed by atoms with Gasteiger partial charge in [-0.3, -0.25) is 0 Å². The topological polar surface area (TPSA) is 3.24 Å². The van der Waals surface area contributed by atoms with Gasteiger partial charge in [-0.1, -0.05) is 90.5 Å². The molecule has 0 bridgehead atoms. The summed E-state index contributed by atoms with van der Waals surface area (Å²) in [5, 5.41) is 0. The highest BCUT2D eigenvalue weighted by molar-refractivity contribution is 5.77. The highest BCUT2D eigenvalue weighted by atomic mass is 15.1. The van der Waals surface area contributed by atoms with Crippen LogP contribution in [-0.4, -0.2) is 0 Å². The Balaban J connectivity index is 1.60. The van der Waals surface area contributed by atoms with Crippen molar-refractivity contribution < 1.29 is 0 Å². The summed E-state index contributed by atoms with van der Waals surface area (Å²) in [5.41, 5.74) is 9.72. The molecule has 0 N–H and O–H groups in total. The van der Waals surface area contributed by atoms with Gasteiger partial charge in [-0.05, 0) is 79.4 Å². The zero-order valence-electron chi connectivity index (χ0n) is 19.0. The molecule has 0 heterocycles. The first-order valence-electron chi connectivity index (χ1n) is 11.0. The lowest BCUT2D eigenvalue weighted by molar-refractivity contribution is 1.24. The minimum atomic E-state index is 1.15. The van der Waals surface area contributed by atoms with E-state index in [9.17, 15) is 0 Å². The molecule has 0 spiro atoms. The van der Waals surface area contributed by atoms with Crippen molar-refractivity contribution in [1.82, 2.24) is 0 Å². The quantitative estimate of drug-likeness (QED) is 0.284. The summed E-state index contributed by atoms with van der Waals surface area (Å²) in [5.74, 6) is 0. The maximum atomic E-state index is 2.31. The number of allylic oxidation sites excluding steroid dienone is 2. The molecular weight excluding hydrogens is 386 g/mol. The molecule has 0 aliphatic carbocycles. The minimum Gasteiger partial charge on any atom is -0.310 e. The largest absolute Gasteiger partial charge is 0.310 e. The third-order valence-electron chi connectivity index (χ3n) is 5.68. The molecule has 4 aromatic carbocycles. The molecule has 0 aliphatic heterocycles. The van der Waals surface area contributed by atoms with E-state index in [1.54, 1.807) is 0 Å². The molecule has 0 atom stereocenters. The summed E-state index contributed by atoms with van der Waals surface area (Å²) in [7, 11) is 0. The van der Waals surface area contributed by atoms with Crippen LogP contribution in [0.1, 0.15) is 27.8 Å². The first-order valence-corrected chi connectivity index (χ1v) is 11.0. The van der Waals surface area contributed by atoms with E-state index in [1.807, 2.05) is 6.07 Å². The van der Waals surface area contributed by atoms with E-state index in [4.69, 9.17) is 0 Å². The Bertz CT molecular complexity index is 1210. The molecule has 0 saturated heterocycles. The number of benzene rings is 4.